The quantitative estimate of drug-likeness (QED) is 0.877. The molecule has 2 aromatic heterocycles. The van der Waals surface area contributed by atoms with E-state index < -0.39 is 0 Å². The van der Waals surface area contributed by atoms with Crippen LogP contribution in [0.15, 0.2) is 12.3 Å². The number of nitrogens with zero attached hydrogens (tertiary/aromatic N) is 4. The van der Waals surface area contributed by atoms with E-state index in [9.17, 15) is 4.79 Å². The van der Waals surface area contributed by atoms with Crippen LogP contribution in [0.4, 0.5) is 0 Å². The van der Waals surface area contributed by atoms with E-state index in [0.29, 0.717) is 17.5 Å². The number of hydrogen-bond acceptors (Lipinski definition) is 6. The molecule has 1 aliphatic carbocycles. The lowest BCUT2D eigenvalue weighted by Gasteiger charge is -2.28. The van der Waals surface area contributed by atoms with Crippen molar-refractivity contribution in [1.82, 2.24) is 25.1 Å². The second kappa shape index (κ2) is 7.72. The van der Waals surface area contributed by atoms with Gasteiger partial charge in [-0.25, -0.2) is 9.97 Å². The van der Waals surface area contributed by atoms with E-state index in [4.69, 9.17) is 9.47 Å². The standard InChI is InChI=1S/C18H25N5O3/c1-11-9-12(2)20-18(19-11)26-14-7-5-13(6-8-14)21-16(24)15-10-23(3)22-17(15)25-4/h9-10,13-14H,5-8H2,1-4H3,(H,21,24). The Kier molecular flexibility index (Phi) is 5.39. The zero-order valence-corrected chi connectivity index (χ0v) is 15.7. The van der Waals surface area contributed by atoms with Crippen LogP contribution in [0.25, 0.3) is 0 Å². The van der Waals surface area contributed by atoms with Gasteiger partial charge in [-0.2, -0.15) is 0 Å². The highest BCUT2D eigenvalue weighted by molar-refractivity contribution is 5.96. The highest BCUT2D eigenvalue weighted by atomic mass is 16.5. The lowest BCUT2D eigenvalue weighted by Crippen LogP contribution is -2.39. The highest BCUT2D eigenvalue weighted by Crippen LogP contribution is 2.23. The summed E-state index contributed by atoms with van der Waals surface area (Å²) < 4.78 is 12.7. The Morgan fingerprint density at radius 2 is 1.85 bits per heavy atom. The normalized spacial score (nSPS) is 19.8. The second-order valence-electron chi connectivity index (χ2n) is 6.72. The smallest absolute Gasteiger partial charge is 0.317 e. The van der Waals surface area contributed by atoms with Crippen molar-refractivity contribution in [3.63, 3.8) is 0 Å². The van der Waals surface area contributed by atoms with E-state index in [1.807, 2.05) is 19.9 Å². The molecule has 1 N–H and O–H groups in total. The van der Waals surface area contributed by atoms with Crippen LogP contribution < -0.4 is 14.8 Å². The Bertz CT molecular complexity index is 761. The summed E-state index contributed by atoms with van der Waals surface area (Å²) in [5.74, 6) is 0.186. The fourth-order valence-corrected chi connectivity index (χ4v) is 3.26. The van der Waals surface area contributed by atoms with Crippen molar-refractivity contribution in [1.29, 1.82) is 0 Å². The first-order valence-corrected chi connectivity index (χ1v) is 8.82. The molecule has 0 unspecified atom stereocenters. The first kappa shape index (κ1) is 18.2. The molecule has 0 saturated heterocycles. The average molecular weight is 359 g/mol. The predicted octanol–water partition coefficient (Wildman–Crippen LogP) is 1.96. The third-order valence-corrected chi connectivity index (χ3v) is 4.48. The first-order chi connectivity index (χ1) is 12.4. The Morgan fingerprint density at radius 3 is 2.46 bits per heavy atom. The Morgan fingerprint density at radius 1 is 1.19 bits per heavy atom. The lowest BCUT2D eigenvalue weighted by molar-refractivity contribution is 0.0881. The summed E-state index contributed by atoms with van der Waals surface area (Å²) in [5.41, 5.74) is 2.26. The third-order valence-electron chi connectivity index (χ3n) is 4.48. The van der Waals surface area contributed by atoms with Gasteiger partial charge in [0.15, 0.2) is 0 Å². The van der Waals surface area contributed by atoms with Gasteiger partial charge in [-0.3, -0.25) is 9.48 Å². The molecule has 0 radical (unpaired) electrons. The van der Waals surface area contributed by atoms with Gasteiger partial charge in [0.25, 0.3) is 5.91 Å². The van der Waals surface area contributed by atoms with Gasteiger partial charge in [-0.05, 0) is 45.6 Å². The largest absolute Gasteiger partial charge is 0.479 e. The molecule has 3 rings (SSSR count). The van der Waals surface area contributed by atoms with E-state index in [-0.39, 0.29) is 18.1 Å². The molecule has 0 spiro atoms. The molecular weight excluding hydrogens is 334 g/mol. The fourth-order valence-electron chi connectivity index (χ4n) is 3.26. The summed E-state index contributed by atoms with van der Waals surface area (Å²) >= 11 is 0. The van der Waals surface area contributed by atoms with Crippen molar-refractivity contribution in [3.05, 3.63) is 29.2 Å². The Labute approximate surface area is 152 Å². The third kappa shape index (κ3) is 4.30. The molecule has 1 amide bonds. The van der Waals surface area contributed by atoms with Gasteiger partial charge in [-0.1, -0.05) is 0 Å². The van der Waals surface area contributed by atoms with Gasteiger partial charge in [0.1, 0.15) is 11.7 Å². The van der Waals surface area contributed by atoms with Gasteiger partial charge in [0.05, 0.1) is 7.11 Å². The summed E-state index contributed by atoms with van der Waals surface area (Å²) in [6.45, 7) is 3.86. The molecule has 8 nitrogen and oxygen atoms in total. The molecule has 8 heteroatoms. The van der Waals surface area contributed by atoms with Crippen LogP contribution >= 0.6 is 0 Å². The zero-order valence-electron chi connectivity index (χ0n) is 15.7. The number of carbonyl (C=O) groups excluding carboxylic acids is 1. The van der Waals surface area contributed by atoms with E-state index in [0.717, 1.165) is 37.1 Å². The molecule has 0 aliphatic heterocycles. The summed E-state index contributed by atoms with van der Waals surface area (Å²) in [6, 6.07) is 2.48. The molecule has 140 valence electrons. The van der Waals surface area contributed by atoms with Crippen LogP contribution in [-0.2, 0) is 7.05 Å². The number of rotatable bonds is 5. The maximum absolute atomic E-state index is 12.5. The molecule has 1 aliphatic rings. The van der Waals surface area contributed by atoms with Crippen LogP contribution in [0.3, 0.4) is 0 Å². The Hall–Kier alpha value is -2.64. The van der Waals surface area contributed by atoms with E-state index in [1.54, 1.807) is 17.9 Å². The highest BCUT2D eigenvalue weighted by Gasteiger charge is 2.26. The van der Waals surface area contributed by atoms with Crippen LogP contribution in [0.2, 0.25) is 0 Å². The van der Waals surface area contributed by atoms with Crippen molar-refractivity contribution in [2.24, 2.45) is 7.05 Å². The van der Waals surface area contributed by atoms with Gasteiger partial charge in [0.2, 0.25) is 5.88 Å². The van der Waals surface area contributed by atoms with E-state index in [2.05, 4.69) is 20.4 Å². The molecule has 1 fully saturated rings. The summed E-state index contributed by atoms with van der Waals surface area (Å²) in [5, 5.41) is 7.18. The molecular formula is C18H25N5O3. The van der Waals surface area contributed by atoms with Crippen molar-refractivity contribution in [2.75, 3.05) is 7.11 Å². The van der Waals surface area contributed by atoms with E-state index >= 15 is 0 Å². The lowest BCUT2D eigenvalue weighted by atomic mass is 9.93. The molecule has 0 aromatic carbocycles. The predicted molar refractivity (Wildman–Crippen MR) is 95.4 cm³/mol. The molecule has 2 aromatic rings. The number of aromatic nitrogens is 4. The van der Waals surface area contributed by atoms with Crippen LogP contribution in [0, 0.1) is 13.8 Å². The van der Waals surface area contributed by atoms with Gasteiger partial charge in [0, 0.05) is 30.7 Å². The molecule has 26 heavy (non-hydrogen) atoms. The minimum atomic E-state index is -0.156. The number of nitrogens with one attached hydrogen (secondary N) is 1. The summed E-state index contributed by atoms with van der Waals surface area (Å²) in [6.07, 6.45) is 5.16. The van der Waals surface area contributed by atoms with Crippen LogP contribution in [-0.4, -0.2) is 44.9 Å². The fraction of sp³-hybridized carbons (Fsp3) is 0.556. The summed E-state index contributed by atoms with van der Waals surface area (Å²) in [7, 11) is 3.27. The Balaban J connectivity index is 1.52. The number of aryl methyl sites for hydroxylation is 3. The van der Waals surface area contributed by atoms with Crippen molar-refractivity contribution in [2.45, 2.75) is 51.7 Å². The molecule has 0 atom stereocenters. The van der Waals surface area contributed by atoms with Crippen LogP contribution in [0.5, 0.6) is 11.9 Å². The minimum Gasteiger partial charge on any atom is -0.479 e. The van der Waals surface area contributed by atoms with Crippen molar-refractivity contribution in [3.8, 4) is 11.9 Å². The van der Waals surface area contributed by atoms with Crippen molar-refractivity contribution < 1.29 is 14.3 Å². The maximum atomic E-state index is 12.5. The maximum Gasteiger partial charge on any atom is 0.317 e. The SMILES string of the molecule is COc1nn(C)cc1C(=O)NC1CCC(Oc2nc(C)cc(C)n2)CC1. The number of methoxy groups -OCH3 is 1. The minimum absolute atomic E-state index is 0.0808. The number of hydrogen-bond donors (Lipinski definition) is 1. The average Bonchev–Trinajstić information content (AvgIpc) is 2.97. The number of amides is 1. The number of ether oxygens (including phenoxy) is 2. The first-order valence-electron chi connectivity index (χ1n) is 8.82. The van der Waals surface area contributed by atoms with E-state index in [1.165, 1.54) is 7.11 Å². The monoisotopic (exact) mass is 359 g/mol. The second-order valence-corrected chi connectivity index (χ2v) is 6.72. The summed E-state index contributed by atoms with van der Waals surface area (Å²) in [4.78, 5) is 21.1. The zero-order chi connectivity index (χ0) is 18.7. The molecule has 1 saturated carbocycles. The van der Waals surface area contributed by atoms with Crippen molar-refractivity contribution >= 4 is 5.91 Å². The molecule has 2 heterocycles. The van der Waals surface area contributed by atoms with Gasteiger partial charge in [-0.15, -0.1) is 5.10 Å². The molecule has 0 bridgehead atoms. The topological polar surface area (TPSA) is 91.2 Å². The number of carbonyl (C=O) groups is 1. The van der Waals surface area contributed by atoms with Crippen LogP contribution in [0.1, 0.15) is 47.4 Å². The van der Waals surface area contributed by atoms with Gasteiger partial charge >= 0.3 is 6.01 Å². The van der Waals surface area contributed by atoms with Gasteiger partial charge < -0.3 is 14.8 Å².